The van der Waals surface area contributed by atoms with Crippen molar-refractivity contribution in [2.24, 2.45) is 11.7 Å². The van der Waals surface area contributed by atoms with Crippen molar-refractivity contribution >= 4 is 5.91 Å². The monoisotopic (exact) mass is 179 g/mol. The van der Waals surface area contributed by atoms with Crippen molar-refractivity contribution in [3.05, 3.63) is 36.0 Å². The minimum Gasteiger partial charge on any atom is -0.366 e. The third-order valence-electron chi connectivity index (χ3n) is 1.79. The summed E-state index contributed by atoms with van der Waals surface area (Å²) in [4.78, 5) is 10.6. The molecule has 13 heavy (non-hydrogen) atoms. The predicted octanol–water partition coefficient (Wildman–Crippen LogP) is 2.19. The fourth-order valence-corrected chi connectivity index (χ4v) is 0.591. The highest BCUT2D eigenvalue weighted by Gasteiger charge is 1.95. The SMILES string of the molecule is C=C(/C=C\C=C(/C)C(N)=O)C(C)C. The number of hydrogen-bond donors (Lipinski definition) is 1. The maximum atomic E-state index is 10.6. The van der Waals surface area contributed by atoms with Gasteiger partial charge in [-0.25, -0.2) is 0 Å². The lowest BCUT2D eigenvalue weighted by Gasteiger charge is -2.01. The molecule has 0 fully saturated rings. The smallest absolute Gasteiger partial charge is 0.244 e. The van der Waals surface area contributed by atoms with Gasteiger partial charge >= 0.3 is 0 Å². The molecule has 2 N–H and O–H groups in total. The molecule has 0 aliphatic heterocycles. The Kier molecular flexibility index (Phi) is 4.82. The van der Waals surface area contributed by atoms with E-state index in [2.05, 4.69) is 20.4 Å². The molecule has 0 aliphatic rings. The van der Waals surface area contributed by atoms with Crippen LogP contribution in [0.25, 0.3) is 0 Å². The van der Waals surface area contributed by atoms with Gasteiger partial charge < -0.3 is 5.73 Å². The molecule has 0 aromatic rings. The topological polar surface area (TPSA) is 43.1 Å². The van der Waals surface area contributed by atoms with Crippen molar-refractivity contribution in [3.8, 4) is 0 Å². The minimum atomic E-state index is -0.389. The van der Waals surface area contributed by atoms with E-state index in [-0.39, 0.29) is 5.91 Å². The Hall–Kier alpha value is -1.31. The molecular weight excluding hydrogens is 162 g/mol. The van der Waals surface area contributed by atoms with Crippen LogP contribution in [0.2, 0.25) is 0 Å². The first-order chi connectivity index (χ1) is 5.95. The number of allylic oxidation sites excluding steroid dienone is 4. The van der Waals surface area contributed by atoms with Crippen LogP contribution in [0, 0.1) is 5.92 Å². The van der Waals surface area contributed by atoms with Gasteiger partial charge in [0.1, 0.15) is 0 Å². The molecular formula is C11H17NO. The zero-order chi connectivity index (χ0) is 10.4. The minimum absolute atomic E-state index is 0.389. The highest BCUT2D eigenvalue weighted by molar-refractivity contribution is 5.91. The molecule has 1 amide bonds. The Morgan fingerprint density at radius 3 is 2.38 bits per heavy atom. The zero-order valence-electron chi connectivity index (χ0n) is 8.50. The molecule has 0 bridgehead atoms. The van der Waals surface area contributed by atoms with Crippen LogP contribution in [-0.2, 0) is 4.79 Å². The molecule has 0 heterocycles. The van der Waals surface area contributed by atoms with Crippen LogP contribution in [0.15, 0.2) is 36.0 Å². The maximum absolute atomic E-state index is 10.6. The van der Waals surface area contributed by atoms with Crippen LogP contribution in [0.5, 0.6) is 0 Å². The van der Waals surface area contributed by atoms with Crippen LogP contribution in [0.3, 0.4) is 0 Å². The average Bonchev–Trinajstić information content (AvgIpc) is 2.03. The molecule has 0 unspecified atom stereocenters. The summed E-state index contributed by atoms with van der Waals surface area (Å²) in [5.74, 6) is 0.0401. The van der Waals surface area contributed by atoms with E-state index in [0.717, 1.165) is 5.57 Å². The lowest BCUT2D eigenvalue weighted by molar-refractivity contribution is -0.114. The molecule has 0 aromatic carbocycles. The molecule has 0 rings (SSSR count). The van der Waals surface area contributed by atoms with Gasteiger partial charge in [0.05, 0.1) is 0 Å². The van der Waals surface area contributed by atoms with E-state index in [1.807, 2.05) is 6.08 Å². The van der Waals surface area contributed by atoms with E-state index >= 15 is 0 Å². The molecule has 0 atom stereocenters. The number of nitrogens with two attached hydrogens (primary N) is 1. The lowest BCUT2D eigenvalue weighted by atomic mass is 10.1. The number of carbonyl (C=O) groups excluding carboxylic acids is 1. The molecule has 0 aromatic heterocycles. The lowest BCUT2D eigenvalue weighted by Crippen LogP contribution is -2.11. The van der Waals surface area contributed by atoms with Crippen molar-refractivity contribution in [3.63, 3.8) is 0 Å². The number of amides is 1. The molecule has 0 spiro atoms. The summed E-state index contributed by atoms with van der Waals surface area (Å²) in [5.41, 5.74) is 6.63. The third kappa shape index (κ3) is 5.01. The van der Waals surface area contributed by atoms with Gasteiger partial charge in [0.2, 0.25) is 5.91 Å². The number of rotatable bonds is 4. The first-order valence-electron chi connectivity index (χ1n) is 4.28. The second-order valence-corrected chi connectivity index (χ2v) is 3.30. The van der Waals surface area contributed by atoms with E-state index < -0.39 is 0 Å². The molecule has 0 aliphatic carbocycles. The summed E-state index contributed by atoms with van der Waals surface area (Å²) in [6.07, 6.45) is 5.37. The highest BCUT2D eigenvalue weighted by Crippen LogP contribution is 2.07. The van der Waals surface area contributed by atoms with Gasteiger partial charge in [0, 0.05) is 5.57 Å². The van der Waals surface area contributed by atoms with Gasteiger partial charge in [-0.05, 0) is 12.8 Å². The van der Waals surface area contributed by atoms with Crippen LogP contribution >= 0.6 is 0 Å². The van der Waals surface area contributed by atoms with Crippen LogP contribution in [0.1, 0.15) is 20.8 Å². The van der Waals surface area contributed by atoms with Crippen LogP contribution < -0.4 is 5.73 Å². The van der Waals surface area contributed by atoms with E-state index in [1.165, 1.54) is 0 Å². The number of carbonyl (C=O) groups is 1. The number of primary amides is 1. The summed E-state index contributed by atoms with van der Waals surface area (Å²) >= 11 is 0. The van der Waals surface area contributed by atoms with E-state index in [1.54, 1.807) is 19.1 Å². The van der Waals surface area contributed by atoms with Gasteiger partial charge in [-0.1, -0.05) is 44.2 Å². The van der Waals surface area contributed by atoms with Crippen molar-refractivity contribution < 1.29 is 4.79 Å². The summed E-state index contributed by atoms with van der Waals surface area (Å²) in [6, 6.07) is 0. The molecule has 72 valence electrons. The van der Waals surface area contributed by atoms with Gasteiger partial charge in [0.25, 0.3) is 0 Å². The summed E-state index contributed by atoms with van der Waals surface area (Å²) in [5, 5.41) is 0. The second kappa shape index (κ2) is 5.36. The normalized spacial score (nSPS) is 12.5. The fourth-order valence-electron chi connectivity index (χ4n) is 0.591. The first-order valence-corrected chi connectivity index (χ1v) is 4.28. The largest absolute Gasteiger partial charge is 0.366 e. The fraction of sp³-hybridized carbons (Fsp3) is 0.364. The van der Waals surface area contributed by atoms with Crippen molar-refractivity contribution in [2.75, 3.05) is 0 Å². The third-order valence-corrected chi connectivity index (χ3v) is 1.79. The van der Waals surface area contributed by atoms with Crippen molar-refractivity contribution in [2.45, 2.75) is 20.8 Å². The summed E-state index contributed by atoms with van der Waals surface area (Å²) in [7, 11) is 0. The Morgan fingerprint density at radius 1 is 1.46 bits per heavy atom. The van der Waals surface area contributed by atoms with Gasteiger partial charge in [-0.15, -0.1) is 0 Å². The Bertz CT molecular complexity index is 259. The average molecular weight is 179 g/mol. The first kappa shape index (κ1) is 11.7. The molecule has 2 heteroatoms. The standard InChI is InChI=1S/C11H17NO/c1-8(2)9(3)6-5-7-10(4)11(12)13/h5-8H,3H2,1-2,4H3,(H2,12,13)/b6-5-,10-7+. The quantitative estimate of drug-likeness (QED) is 0.521. The Morgan fingerprint density at radius 2 is 2.00 bits per heavy atom. The van der Waals surface area contributed by atoms with Gasteiger partial charge in [0.15, 0.2) is 0 Å². The molecule has 0 saturated heterocycles. The Labute approximate surface area is 79.8 Å². The van der Waals surface area contributed by atoms with E-state index in [9.17, 15) is 4.79 Å². The molecule has 0 radical (unpaired) electrons. The number of hydrogen-bond acceptors (Lipinski definition) is 1. The molecule has 0 saturated carbocycles. The summed E-state index contributed by atoms with van der Waals surface area (Å²) < 4.78 is 0. The van der Waals surface area contributed by atoms with Crippen LogP contribution in [-0.4, -0.2) is 5.91 Å². The van der Waals surface area contributed by atoms with Crippen molar-refractivity contribution in [1.82, 2.24) is 0 Å². The van der Waals surface area contributed by atoms with E-state index in [0.29, 0.717) is 11.5 Å². The predicted molar refractivity (Wildman–Crippen MR) is 56.1 cm³/mol. The second-order valence-electron chi connectivity index (χ2n) is 3.30. The Balaban J connectivity index is 4.23. The van der Waals surface area contributed by atoms with Crippen molar-refractivity contribution in [1.29, 1.82) is 0 Å². The molecule has 2 nitrogen and oxygen atoms in total. The van der Waals surface area contributed by atoms with Crippen LogP contribution in [0.4, 0.5) is 0 Å². The van der Waals surface area contributed by atoms with E-state index in [4.69, 9.17) is 5.73 Å². The van der Waals surface area contributed by atoms with Gasteiger partial charge in [-0.3, -0.25) is 4.79 Å². The van der Waals surface area contributed by atoms with Gasteiger partial charge in [-0.2, -0.15) is 0 Å². The summed E-state index contributed by atoms with van der Waals surface area (Å²) in [6.45, 7) is 9.68. The zero-order valence-corrected chi connectivity index (χ0v) is 8.50. The maximum Gasteiger partial charge on any atom is 0.244 e. The highest BCUT2D eigenvalue weighted by atomic mass is 16.1.